The number of carbonyl (C=O) groups is 2. The van der Waals surface area contributed by atoms with E-state index in [-0.39, 0.29) is 12.2 Å². The second-order valence-corrected chi connectivity index (χ2v) is 2.74. The highest BCUT2D eigenvalue weighted by atomic mass is 16.4. The first-order valence-corrected chi connectivity index (χ1v) is 4.17. The van der Waals surface area contributed by atoms with Crippen LogP contribution in [0.3, 0.4) is 0 Å². The Balaban J connectivity index is 3.82. The van der Waals surface area contributed by atoms with Gasteiger partial charge in [0.15, 0.2) is 0 Å². The topological polar surface area (TPSA) is 54.4 Å². The summed E-state index contributed by atoms with van der Waals surface area (Å²) in [6, 6.07) is 0. The minimum absolute atomic E-state index is 0.0300. The van der Waals surface area contributed by atoms with Crippen molar-refractivity contribution in [1.29, 1.82) is 0 Å². The van der Waals surface area contributed by atoms with Crippen LogP contribution in [0.25, 0.3) is 0 Å². The summed E-state index contributed by atoms with van der Waals surface area (Å²) in [4.78, 5) is 21.3. The van der Waals surface area contributed by atoms with Gasteiger partial charge in [0.25, 0.3) is 0 Å². The van der Waals surface area contributed by atoms with Crippen molar-refractivity contribution in [3.05, 3.63) is 5.92 Å². The molecule has 0 aliphatic heterocycles. The van der Waals surface area contributed by atoms with E-state index in [1.807, 2.05) is 6.92 Å². The van der Waals surface area contributed by atoms with Crippen molar-refractivity contribution >= 4 is 11.8 Å². The van der Waals surface area contributed by atoms with Crippen LogP contribution in [0.5, 0.6) is 0 Å². The fraction of sp³-hybridized carbons (Fsp3) is 0.667. The van der Waals surface area contributed by atoms with Crippen LogP contribution in [-0.2, 0) is 9.59 Å². The molecule has 0 aromatic carbocycles. The van der Waals surface area contributed by atoms with Crippen LogP contribution in [0, 0.1) is 5.92 Å². The molecule has 1 radical (unpaired) electrons. The van der Waals surface area contributed by atoms with Crippen LogP contribution < -0.4 is 0 Å². The number of Topliss-reactive ketones (excluding diaryl/α,β-unsaturated/α-hetero) is 1. The van der Waals surface area contributed by atoms with Gasteiger partial charge < -0.3 is 5.11 Å². The molecule has 3 nitrogen and oxygen atoms in total. The zero-order valence-electron chi connectivity index (χ0n) is 7.59. The summed E-state index contributed by atoms with van der Waals surface area (Å²) in [6.07, 6.45) is 1.53. The standard InChI is InChI=1S/C9H15O3/c1-3-7(6-9(11)12)5-8(10)4-2/h3-6H2,1-2H3,(H,11,12). The van der Waals surface area contributed by atoms with Gasteiger partial charge in [-0.25, -0.2) is 0 Å². The molecule has 12 heavy (non-hydrogen) atoms. The van der Waals surface area contributed by atoms with Gasteiger partial charge in [0, 0.05) is 12.8 Å². The summed E-state index contributed by atoms with van der Waals surface area (Å²) in [7, 11) is 0. The minimum atomic E-state index is -0.851. The predicted octanol–water partition coefficient (Wildman–Crippen LogP) is 1.81. The summed E-state index contributed by atoms with van der Waals surface area (Å²) >= 11 is 0. The number of ketones is 1. The average Bonchev–Trinajstić information content (AvgIpc) is 2.02. The predicted molar refractivity (Wildman–Crippen MR) is 45.7 cm³/mol. The molecule has 69 valence electrons. The number of hydrogen-bond donors (Lipinski definition) is 1. The number of carboxylic acids is 1. The highest BCUT2D eigenvalue weighted by Gasteiger charge is 2.14. The largest absolute Gasteiger partial charge is 0.481 e. The molecule has 0 heterocycles. The monoisotopic (exact) mass is 171 g/mol. The molecule has 0 aliphatic carbocycles. The van der Waals surface area contributed by atoms with Crippen LogP contribution in [0.4, 0.5) is 0 Å². The van der Waals surface area contributed by atoms with Crippen LogP contribution in [0.2, 0.25) is 0 Å². The third-order valence-corrected chi connectivity index (χ3v) is 1.74. The summed E-state index contributed by atoms with van der Waals surface area (Å²) in [5.74, 6) is 0.0817. The van der Waals surface area contributed by atoms with Gasteiger partial charge in [-0.2, -0.15) is 0 Å². The number of rotatable bonds is 6. The van der Waals surface area contributed by atoms with Crippen molar-refractivity contribution in [2.45, 2.75) is 39.5 Å². The van der Waals surface area contributed by atoms with E-state index in [9.17, 15) is 9.59 Å². The molecule has 0 fully saturated rings. The molecule has 0 aromatic rings. The lowest BCUT2D eigenvalue weighted by molar-refractivity contribution is -0.136. The maximum absolute atomic E-state index is 10.9. The van der Waals surface area contributed by atoms with E-state index in [1.54, 1.807) is 6.92 Å². The Morgan fingerprint density at radius 1 is 1.08 bits per heavy atom. The molecule has 0 rings (SSSR count). The first-order valence-electron chi connectivity index (χ1n) is 4.17. The summed E-state index contributed by atoms with van der Waals surface area (Å²) < 4.78 is 0. The highest BCUT2D eigenvalue weighted by molar-refractivity contribution is 5.81. The van der Waals surface area contributed by atoms with Gasteiger partial charge in [-0.1, -0.05) is 13.8 Å². The molecule has 3 heteroatoms. The van der Waals surface area contributed by atoms with E-state index < -0.39 is 5.97 Å². The molecule has 0 atom stereocenters. The fourth-order valence-electron chi connectivity index (χ4n) is 0.930. The molecule has 0 aliphatic rings. The molecule has 0 aromatic heterocycles. The quantitative estimate of drug-likeness (QED) is 0.663. The van der Waals surface area contributed by atoms with Gasteiger partial charge in [-0.05, 0) is 12.3 Å². The lowest BCUT2D eigenvalue weighted by Crippen LogP contribution is -2.09. The van der Waals surface area contributed by atoms with Crippen molar-refractivity contribution in [2.75, 3.05) is 0 Å². The molecule has 0 bridgehead atoms. The highest BCUT2D eigenvalue weighted by Crippen LogP contribution is 2.16. The Labute approximate surface area is 72.8 Å². The van der Waals surface area contributed by atoms with Crippen molar-refractivity contribution in [1.82, 2.24) is 0 Å². The molecule has 1 N–H and O–H groups in total. The van der Waals surface area contributed by atoms with Gasteiger partial charge >= 0.3 is 5.97 Å². The van der Waals surface area contributed by atoms with Crippen LogP contribution in [0.1, 0.15) is 39.5 Å². The van der Waals surface area contributed by atoms with E-state index >= 15 is 0 Å². The Morgan fingerprint density at radius 3 is 2.00 bits per heavy atom. The van der Waals surface area contributed by atoms with E-state index in [4.69, 9.17) is 5.11 Å². The first-order chi connectivity index (χ1) is 5.60. The maximum Gasteiger partial charge on any atom is 0.303 e. The molecule has 0 spiro atoms. The van der Waals surface area contributed by atoms with E-state index in [0.29, 0.717) is 19.3 Å². The summed E-state index contributed by atoms with van der Waals surface area (Å²) in [6.45, 7) is 3.66. The van der Waals surface area contributed by atoms with Gasteiger partial charge in [0.2, 0.25) is 0 Å². The smallest absolute Gasteiger partial charge is 0.303 e. The number of aliphatic carboxylic acids is 1. The lowest BCUT2D eigenvalue weighted by Gasteiger charge is -2.08. The Morgan fingerprint density at radius 2 is 1.67 bits per heavy atom. The van der Waals surface area contributed by atoms with Crippen molar-refractivity contribution in [3.8, 4) is 0 Å². The number of carbonyl (C=O) groups excluding carboxylic acids is 1. The fourth-order valence-corrected chi connectivity index (χ4v) is 0.930. The maximum atomic E-state index is 10.9. The van der Waals surface area contributed by atoms with Gasteiger partial charge in [0.05, 0.1) is 6.42 Å². The van der Waals surface area contributed by atoms with Crippen LogP contribution in [-0.4, -0.2) is 16.9 Å². The van der Waals surface area contributed by atoms with Crippen molar-refractivity contribution in [2.24, 2.45) is 0 Å². The molecule has 0 saturated carbocycles. The van der Waals surface area contributed by atoms with Crippen LogP contribution >= 0.6 is 0 Å². The summed E-state index contributed by atoms with van der Waals surface area (Å²) in [5.41, 5.74) is 0. The van der Waals surface area contributed by atoms with E-state index in [0.717, 1.165) is 5.92 Å². The normalized spacial score (nSPS) is 10.2. The zero-order valence-corrected chi connectivity index (χ0v) is 7.59. The first kappa shape index (κ1) is 11.1. The third kappa shape index (κ3) is 4.88. The SMILES string of the molecule is CC[C](CC(=O)O)CC(=O)CC. The lowest BCUT2D eigenvalue weighted by atomic mass is 9.95. The molecular formula is C9H15O3. The van der Waals surface area contributed by atoms with Crippen molar-refractivity contribution < 1.29 is 14.7 Å². The number of hydrogen-bond acceptors (Lipinski definition) is 2. The molecule has 0 unspecified atom stereocenters. The van der Waals surface area contributed by atoms with Gasteiger partial charge in [0.1, 0.15) is 5.78 Å². The van der Waals surface area contributed by atoms with Crippen molar-refractivity contribution in [3.63, 3.8) is 0 Å². The Kier molecular flexibility index (Phi) is 5.34. The van der Waals surface area contributed by atoms with E-state index in [2.05, 4.69) is 0 Å². The molecule has 0 amide bonds. The van der Waals surface area contributed by atoms with Gasteiger partial charge in [-0.15, -0.1) is 0 Å². The van der Waals surface area contributed by atoms with Crippen LogP contribution in [0.15, 0.2) is 0 Å². The Bertz CT molecular complexity index is 163. The Hall–Kier alpha value is -0.860. The van der Waals surface area contributed by atoms with E-state index in [1.165, 1.54) is 0 Å². The second-order valence-electron chi connectivity index (χ2n) is 2.74. The van der Waals surface area contributed by atoms with Gasteiger partial charge in [-0.3, -0.25) is 9.59 Å². The average molecular weight is 171 g/mol. The zero-order chi connectivity index (χ0) is 9.56. The molecule has 0 saturated heterocycles. The third-order valence-electron chi connectivity index (χ3n) is 1.74. The second kappa shape index (κ2) is 5.75. The minimum Gasteiger partial charge on any atom is -0.481 e. The molecular weight excluding hydrogens is 156 g/mol. The summed E-state index contributed by atoms with van der Waals surface area (Å²) in [5, 5.41) is 8.47. The number of carboxylic acid groups (broad SMARTS) is 1.